The SMILES string of the molecule is CN[C@@H](C)C(=O)N[C@H](C(=O)N1CCC[C@H]1CN1CC(c2ccccc2)C(C)[C@@H](N)C1=O)C(C)(C)C. The van der Waals surface area contributed by atoms with Gasteiger partial charge in [0.15, 0.2) is 0 Å². The quantitative estimate of drug-likeness (QED) is 0.545. The summed E-state index contributed by atoms with van der Waals surface area (Å²) < 4.78 is 0. The van der Waals surface area contributed by atoms with E-state index in [0.29, 0.717) is 19.6 Å². The van der Waals surface area contributed by atoms with E-state index in [0.717, 1.165) is 12.8 Å². The third-order valence-electron chi connectivity index (χ3n) is 7.76. The Morgan fingerprint density at radius 1 is 1.20 bits per heavy atom. The van der Waals surface area contributed by atoms with Crippen molar-refractivity contribution < 1.29 is 14.4 Å². The van der Waals surface area contributed by atoms with Gasteiger partial charge in [-0.25, -0.2) is 0 Å². The summed E-state index contributed by atoms with van der Waals surface area (Å²) in [6, 6.07) is 8.50. The lowest BCUT2D eigenvalue weighted by Gasteiger charge is -2.43. The molecule has 6 atom stereocenters. The van der Waals surface area contributed by atoms with Gasteiger partial charge in [0.25, 0.3) is 0 Å². The summed E-state index contributed by atoms with van der Waals surface area (Å²) in [7, 11) is 1.72. The van der Waals surface area contributed by atoms with Gasteiger partial charge in [0.05, 0.1) is 12.1 Å². The van der Waals surface area contributed by atoms with Crippen molar-refractivity contribution in [2.45, 2.75) is 77.5 Å². The van der Waals surface area contributed by atoms with Gasteiger partial charge in [0.2, 0.25) is 17.7 Å². The molecule has 2 saturated heterocycles. The molecule has 8 nitrogen and oxygen atoms in total. The Bertz CT molecular complexity index is 900. The lowest BCUT2D eigenvalue weighted by Crippen LogP contribution is -2.61. The van der Waals surface area contributed by atoms with E-state index >= 15 is 0 Å². The van der Waals surface area contributed by atoms with Gasteiger partial charge in [-0.15, -0.1) is 0 Å². The molecular weight excluding hydrogens is 442 g/mol. The second kappa shape index (κ2) is 11.1. The van der Waals surface area contributed by atoms with E-state index in [9.17, 15) is 14.4 Å². The molecule has 0 aromatic heterocycles. The molecule has 0 saturated carbocycles. The maximum Gasteiger partial charge on any atom is 0.246 e. The van der Waals surface area contributed by atoms with Crippen LogP contribution in [0, 0.1) is 11.3 Å². The van der Waals surface area contributed by atoms with Gasteiger partial charge < -0.3 is 26.2 Å². The summed E-state index contributed by atoms with van der Waals surface area (Å²) in [4.78, 5) is 43.2. The van der Waals surface area contributed by atoms with Crippen LogP contribution in [0.25, 0.3) is 0 Å². The molecule has 2 aliphatic rings. The van der Waals surface area contributed by atoms with Crippen LogP contribution in [0.2, 0.25) is 0 Å². The number of hydrogen-bond donors (Lipinski definition) is 3. The number of nitrogens with two attached hydrogens (primary N) is 1. The van der Waals surface area contributed by atoms with Gasteiger partial charge in [0.1, 0.15) is 6.04 Å². The Kier molecular flexibility index (Phi) is 8.59. The van der Waals surface area contributed by atoms with Crippen LogP contribution >= 0.6 is 0 Å². The number of carbonyl (C=O) groups is 3. The van der Waals surface area contributed by atoms with Crippen molar-refractivity contribution in [3.05, 3.63) is 35.9 Å². The molecule has 2 aliphatic heterocycles. The Morgan fingerprint density at radius 3 is 2.46 bits per heavy atom. The van der Waals surface area contributed by atoms with E-state index in [4.69, 9.17) is 5.73 Å². The molecule has 4 N–H and O–H groups in total. The lowest BCUT2D eigenvalue weighted by molar-refractivity contribution is -0.143. The Hall–Kier alpha value is -2.45. The Labute approximate surface area is 210 Å². The van der Waals surface area contributed by atoms with Crippen molar-refractivity contribution in [1.29, 1.82) is 0 Å². The number of benzene rings is 1. The highest BCUT2D eigenvalue weighted by molar-refractivity contribution is 5.90. The topological polar surface area (TPSA) is 108 Å². The monoisotopic (exact) mass is 485 g/mol. The van der Waals surface area contributed by atoms with Crippen molar-refractivity contribution in [1.82, 2.24) is 20.4 Å². The summed E-state index contributed by atoms with van der Waals surface area (Å²) in [5, 5.41) is 5.90. The fraction of sp³-hybridized carbons (Fsp3) is 0.667. The Balaban J connectivity index is 1.77. The van der Waals surface area contributed by atoms with Crippen molar-refractivity contribution in [3.8, 4) is 0 Å². The van der Waals surface area contributed by atoms with E-state index in [-0.39, 0.29) is 35.6 Å². The maximum atomic E-state index is 13.7. The van der Waals surface area contributed by atoms with Crippen molar-refractivity contribution in [2.75, 3.05) is 26.7 Å². The van der Waals surface area contributed by atoms with Crippen molar-refractivity contribution in [2.24, 2.45) is 17.1 Å². The minimum atomic E-state index is -0.650. The molecule has 1 aromatic rings. The molecular formula is C27H43N5O3. The molecule has 2 heterocycles. The summed E-state index contributed by atoms with van der Waals surface area (Å²) in [6.07, 6.45) is 1.70. The van der Waals surface area contributed by atoms with Crippen molar-refractivity contribution in [3.63, 3.8) is 0 Å². The van der Waals surface area contributed by atoms with Gasteiger partial charge in [0, 0.05) is 31.6 Å². The molecule has 3 amide bonds. The standard InChI is InChI=1S/C27H43N5O3/c1-17-21(19-11-8-7-9-12-19)16-31(25(34)22(17)28)15-20-13-10-14-32(20)26(35)23(27(3,4)5)30-24(33)18(2)29-6/h7-9,11-12,17-18,20-23,29H,10,13-16,28H2,1-6H3,(H,30,33)/t17?,18-,20-,21?,22+,23+/m0/s1. The predicted molar refractivity (Wildman–Crippen MR) is 138 cm³/mol. The highest BCUT2D eigenvalue weighted by Crippen LogP contribution is 2.33. The number of rotatable bonds is 7. The molecule has 0 bridgehead atoms. The highest BCUT2D eigenvalue weighted by Gasteiger charge is 2.43. The largest absolute Gasteiger partial charge is 0.342 e. The normalized spacial score (nSPS) is 27.0. The third-order valence-corrected chi connectivity index (χ3v) is 7.76. The number of nitrogens with one attached hydrogen (secondary N) is 2. The summed E-state index contributed by atoms with van der Waals surface area (Å²) in [6.45, 7) is 11.4. The average Bonchev–Trinajstić information content (AvgIpc) is 3.29. The first kappa shape index (κ1) is 27.1. The van der Waals surface area contributed by atoms with Gasteiger partial charge >= 0.3 is 0 Å². The van der Waals surface area contributed by atoms with E-state index in [1.165, 1.54) is 5.56 Å². The lowest BCUT2D eigenvalue weighted by atomic mass is 9.79. The number of piperidine rings is 1. The van der Waals surface area contributed by atoms with E-state index in [1.54, 1.807) is 14.0 Å². The van der Waals surface area contributed by atoms with Gasteiger partial charge in [-0.3, -0.25) is 14.4 Å². The number of amides is 3. The Morgan fingerprint density at radius 2 is 1.86 bits per heavy atom. The number of likely N-dealkylation sites (N-methyl/N-ethyl adjacent to an activating group) is 1. The van der Waals surface area contributed by atoms with Crippen molar-refractivity contribution >= 4 is 17.7 Å². The highest BCUT2D eigenvalue weighted by atomic mass is 16.2. The number of nitrogens with zero attached hydrogens (tertiary/aromatic N) is 2. The van der Waals surface area contributed by atoms with E-state index in [1.807, 2.05) is 55.7 Å². The van der Waals surface area contributed by atoms with Crippen LogP contribution < -0.4 is 16.4 Å². The molecule has 1 aromatic carbocycles. The zero-order chi connectivity index (χ0) is 25.9. The average molecular weight is 486 g/mol. The smallest absolute Gasteiger partial charge is 0.246 e. The molecule has 2 unspecified atom stereocenters. The first-order chi connectivity index (χ1) is 16.5. The number of hydrogen-bond acceptors (Lipinski definition) is 5. The summed E-state index contributed by atoms with van der Waals surface area (Å²) in [5.41, 5.74) is 7.11. The molecule has 0 aliphatic carbocycles. The van der Waals surface area contributed by atoms with Crippen LogP contribution in [-0.4, -0.2) is 78.4 Å². The maximum absolute atomic E-state index is 13.7. The van der Waals surface area contributed by atoms with Crippen LogP contribution in [0.15, 0.2) is 30.3 Å². The first-order valence-corrected chi connectivity index (χ1v) is 12.8. The van der Waals surface area contributed by atoms with Crippen LogP contribution in [-0.2, 0) is 14.4 Å². The number of likely N-dealkylation sites (tertiary alicyclic amines) is 2. The van der Waals surface area contributed by atoms with Crippen LogP contribution in [0.5, 0.6) is 0 Å². The second-order valence-electron chi connectivity index (χ2n) is 11.3. The van der Waals surface area contributed by atoms with Crippen LogP contribution in [0.4, 0.5) is 0 Å². The minimum Gasteiger partial charge on any atom is -0.342 e. The van der Waals surface area contributed by atoms with Gasteiger partial charge in [-0.1, -0.05) is 58.0 Å². The zero-order valence-corrected chi connectivity index (χ0v) is 22.1. The van der Waals surface area contributed by atoms with Crippen LogP contribution in [0.1, 0.15) is 58.9 Å². The van der Waals surface area contributed by atoms with E-state index in [2.05, 4.69) is 22.8 Å². The van der Waals surface area contributed by atoms with Crippen LogP contribution in [0.3, 0.4) is 0 Å². The third kappa shape index (κ3) is 6.04. The molecule has 194 valence electrons. The second-order valence-corrected chi connectivity index (χ2v) is 11.3. The number of carbonyl (C=O) groups excluding carboxylic acids is 3. The fourth-order valence-electron chi connectivity index (χ4n) is 5.24. The molecule has 3 rings (SSSR count). The fourth-order valence-corrected chi connectivity index (χ4v) is 5.24. The molecule has 8 heteroatoms. The molecule has 2 fully saturated rings. The summed E-state index contributed by atoms with van der Waals surface area (Å²) in [5.74, 6) is -0.143. The molecule has 35 heavy (non-hydrogen) atoms. The minimum absolute atomic E-state index is 0.0390. The zero-order valence-electron chi connectivity index (χ0n) is 22.1. The molecule has 0 radical (unpaired) electrons. The first-order valence-electron chi connectivity index (χ1n) is 12.8. The predicted octanol–water partition coefficient (Wildman–Crippen LogP) is 1.71. The van der Waals surface area contributed by atoms with Gasteiger partial charge in [-0.2, -0.15) is 0 Å². The van der Waals surface area contributed by atoms with E-state index < -0.39 is 23.5 Å². The summed E-state index contributed by atoms with van der Waals surface area (Å²) >= 11 is 0. The van der Waals surface area contributed by atoms with Gasteiger partial charge in [-0.05, 0) is 43.7 Å². The molecule has 0 spiro atoms.